The Bertz CT molecular complexity index is 1450. The van der Waals surface area contributed by atoms with Gasteiger partial charge in [0.15, 0.2) is 0 Å². The molecule has 0 saturated carbocycles. The zero-order valence-corrected chi connectivity index (χ0v) is 24.9. The molecular weight excluding hydrogens is 572 g/mol. The van der Waals surface area contributed by atoms with Crippen LogP contribution in [0.25, 0.3) is 0 Å². The van der Waals surface area contributed by atoms with E-state index in [2.05, 4.69) is 16.0 Å². The molecule has 2 atom stereocenters. The third kappa shape index (κ3) is 8.96. The summed E-state index contributed by atoms with van der Waals surface area (Å²) in [6.45, 7) is 2.48. The number of likely N-dealkylation sites (N-methyl/N-ethyl adjacent to an activating group) is 1. The molecule has 0 unspecified atom stereocenters. The number of fused-ring (bicyclic) bond motifs is 1. The van der Waals surface area contributed by atoms with Crippen molar-refractivity contribution in [2.45, 2.75) is 31.8 Å². The number of nitrogens with one attached hydrogen (secondary N) is 3. The first-order chi connectivity index (χ1) is 20.7. The highest BCUT2D eigenvalue weighted by Gasteiger charge is 2.30. The maximum Gasteiger partial charge on any atom is 0.255 e. The first-order valence-electron chi connectivity index (χ1n) is 14.0. The number of amides is 4. The van der Waals surface area contributed by atoms with Crippen LogP contribution in [0, 0.1) is 6.92 Å². The van der Waals surface area contributed by atoms with Crippen molar-refractivity contribution in [2.75, 3.05) is 33.4 Å². The number of hydrogen-bond donors (Lipinski definition) is 3. The zero-order valence-electron chi connectivity index (χ0n) is 24.1. The van der Waals surface area contributed by atoms with Gasteiger partial charge in [0.2, 0.25) is 17.7 Å². The molecule has 4 amide bonds. The van der Waals surface area contributed by atoms with Gasteiger partial charge in [-0.05, 0) is 48.4 Å². The third-order valence-electron chi connectivity index (χ3n) is 6.92. The van der Waals surface area contributed by atoms with Crippen molar-refractivity contribution < 1.29 is 28.7 Å². The fraction of sp³-hybridized carbons (Fsp3) is 0.312. The molecule has 1 heterocycles. The summed E-state index contributed by atoms with van der Waals surface area (Å²) in [5.41, 5.74) is 1.92. The Balaban J connectivity index is 1.51. The van der Waals surface area contributed by atoms with E-state index in [1.807, 2.05) is 37.3 Å². The van der Waals surface area contributed by atoms with Gasteiger partial charge < -0.3 is 30.3 Å². The summed E-state index contributed by atoms with van der Waals surface area (Å²) < 4.78 is 11.6. The van der Waals surface area contributed by atoms with Gasteiger partial charge in [0.1, 0.15) is 36.8 Å². The summed E-state index contributed by atoms with van der Waals surface area (Å²) >= 11 is 6.06. The Morgan fingerprint density at radius 2 is 1.79 bits per heavy atom. The van der Waals surface area contributed by atoms with Crippen LogP contribution in [0.4, 0.5) is 0 Å². The molecule has 3 aromatic rings. The van der Waals surface area contributed by atoms with Gasteiger partial charge in [0.25, 0.3) is 5.91 Å². The van der Waals surface area contributed by atoms with E-state index >= 15 is 0 Å². The largest absolute Gasteiger partial charge is 0.492 e. The van der Waals surface area contributed by atoms with Crippen LogP contribution in [0.1, 0.15) is 27.9 Å². The maximum atomic E-state index is 13.4. The van der Waals surface area contributed by atoms with E-state index in [4.69, 9.17) is 21.1 Å². The summed E-state index contributed by atoms with van der Waals surface area (Å²) in [6, 6.07) is 19.0. The van der Waals surface area contributed by atoms with Gasteiger partial charge in [-0.15, -0.1) is 0 Å². The van der Waals surface area contributed by atoms with Gasteiger partial charge in [0, 0.05) is 18.5 Å². The number of halogens is 1. The minimum atomic E-state index is -1.23. The normalized spacial score (nSPS) is 17.9. The van der Waals surface area contributed by atoms with E-state index < -0.39 is 29.8 Å². The molecule has 0 bridgehead atoms. The minimum absolute atomic E-state index is 0.119. The van der Waals surface area contributed by atoms with E-state index in [-0.39, 0.29) is 50.6 Å². The predicted molar refractivity (Wildman–Crippen MR) is 162 cm³/mol. The molecule has 3 aromatic carbocycles. The molecule has 226 valence electrons. The zero-order chi connectivity index (χ0) is 30.8. The topological polar surface area (TPSA) is 126 Å². The van der Waals surface area contributed by atoms with Gasteiger partial charge in [-0.3, -0.25) is 19.2 Å². The Hall–Kier alpha value is -4.57. The fourth-order valence-electron chi connectivity index (χ4n) is 4.56. The molecule has 0 aliphatic carbocycles. The second kappa shape index (κ2) is 15.1. The number of ether oxygens (including phenoxy) is 2. The Morgan fingerprint density at radius 1 is 1.05 bits per heavy atom. The van der Waals surface area contributed by atoms with Crippen molar-refractivity contribution in [3.05, 3.63) is 94.5 Å². The average molecular weight is 607 g/mol. The molecule has 43 heavy (non-hydrogen) atoms. The molecule has 0 fully saturated rings. The highest BCUT2D eigenvalue weighted by Crippen LogP contribution is 2.21. The number of hydrogen-bond acceptors (Lipinski definition) is 6. The van der Waals surface area contributed by atoms with Gasteiger partial charge in [-0.2, -0.15) is 0 Å². The monoisotopic (exact) mass is 606 g/mol. The highest BCUT2D eigenvalue weighted by atomic mass is 35.5. The quantitative estimate of drug-likeness (QED) is 0.355. The van der Waals surface area contributed by atoms with Gasteiger partial charge in [0.05, 0.1) is 25.1 Å². The summed E-state index contributed by atoms with van der Waals surface area (Å²) in [4.78, 5) is 54.7. The Morgan fingerprint density at radius 3 is 2.56 bits per heavy atom. The van der Waals surface area contributed by atoms with Crippen LogP contribution >= 0.6 is 11.6 Å². The van der Waals surface area contributed by atoms with E-state index in [1.54, 1.807) is 49.5 Å². The number of para-hydroxylation sites is 1. The Kier molecular flexibility index (Phi) is 11.0. The van der Waals surface area contributed by atoms with Gasteiger partial charge in [-0.25, -0.2) is 0 Å². The van der Waals surface area contributed by atoms with Crippen molar-refractivity contribution in [3.8, 4) is 11.5 Å². The first-order valence-corrected chi connectivity index (χ1v) is 14.4. The van der Waals surface area contributed by atoms with Crippen LogP contribution in [0.15, 0.2) is 72.8 Å². The first kappa shape index (κ1) is 31.4. The number of nitrogens with zero attached hydrogens (tertiary/aromatic N) is 1. The lowest BCUT2D eigenvalue weighted by Crippen LogP contribution is -2.53. The molecule has 1 aliphatic heterocycles. The lowest BCUT2D eigenvalue weighted by molar-refractivity contribution is -0.136. The second-order valence-corrected chi connectivity index (χ2v) is 10.6. The lowest BCUT2D eigenvalue weighted by Gasteiger charge is -2.26. The Labute approximate surface area is 255 Å². The highest BCUT2D eigenvalue weighted by molar-refractivity contribution is 6.31. The van der Waals surface area contributed by atoms with Crippen LogP contribution in [-0.2, 0) is 20.8 Å². The van der Waals surface area contributed by atoms with Crippen LogP contribution in [0.3, 0.4) is 0 Å². The van der Waals surface area contributed by atoms with Crippen molar-refractivity contribution in [3.63, 3.8) is 0 Å². The molecule has 11 heteroatoms. The van der Waals surface area contributed by atoms with E-state index in [0.717, 1.165) is 11.1 Å². The van der Waals surface area contributed by atoms with E-state index in [1.165, 1.54) is 4.90 Å². The maximum absolute atomic E-state index is 13.4. The smallest absolute Gasteiger partial charge is 0.255 e. The third-order valence-corrected chi connectivity index (χ3v) is 7.34. The van der Waals surface area contributed by atoms with Gasteiger partial charge in [-0.1, -0.05) is 54.1 Å². The molecule has 0 spiro atoms. The number of aryl methyl sites for hydroxylation is 1. The molecule has 3 N–H and O–H groups in total. The number of benzene rings is 3. The number of carbonyl (C=O) groups is 4. The minimum Gasteiger partial charge on any atom is -0.492 e. The van der Waals surface area contributed by atoms with Crippen LogP contribution in [-0.4, -0.2) is 74.0 Å². The van der Waals surface area contributed by atoms with E-state index in [9.17, 15) is 19.2 Å². The molecule has 0 aromatic heterocycles. The summed E-state index contributed by atoms with van der Waals surface area (Å²) in [5.74, 6) is -1.11. The number of rotatable bonds is 7. The molecule has 10 nitrogen and oxygen atoms in total. The summed E-state index contributed by atoms with van der Waals surface area (Å²) in [6.07, 6.45) is -0.135. The van der Waals surface area contributed by atoms with Crippen molar-refractivity contribution >= 4 is 35.2 Å². The van der Waals surface area contributed by atoms with E-state index in [0.29, 0.717) is 16.5 Å². The second-order valence-electron chi connectivity index (χ2n) is 10.2. The molecule has 4 rings (SSSR count). The van der Waals surface area contributed by atoms with Crippen LogP contribution in [0.5, 0.6) is 11.5 Å². The van der Waals surface area contributed by atoms with Crippen LogP contribution in [0.2, 0.25) is 5.02 Å². The summed E-state index contributed by atoms with van der Waals surface area (Å²) in [7, 11) is 1.63. The molecule has 1 aliphatic rings. The average Bonchev–Trinajstić information content (AvgIpc) is 3.00. The summed E-state index contributed by atoms with van der Waals surface area (Å²) in [5, 5.41) is 8.79. The van der Waals surface area contributed by atoms with Gasteiger partial charge >= 0.3 is 0 Å². The van der Waals surface area contributed by atoms with Crippen molar-refractivity contribution in [2.24, 2.45) is 0 Å². The SMILES string of the molecule is Cc1cc(OCCNC(=O)[C@@H]2CC(=O)N[C@H](Cc3ccccc3)C(=O)N(C)CCOc3ccccc3C(=O)N2)ccc1Cl. The van der Waals surface area contributed by atoms with Crippen molar-refractivity contribution in [1.29, 1.82) is 0 Å². The van der Waals surface area contributed by atoms with Crippen molar-refractivity contribution in [1.82, 2.24) is 20.9 Å². The molecular formula is C32H35ClN4O6. The molecule has 0 radical (unpaired) electrons. The fourth-order valence-corrected chi connectivity index (χ4v) is 4.67. The number of carbonyl (C=O) groups excluding carboxylic acids is 4. The standard InChI is InChI=1S/C32H35ClN4O6/c1-21-18-23(12-13-25(21)33)42-16-14-34-31(40)26-20-29(38)35-27(19-22-8-4-3-5-9-22)32(41)37(2)15-17-43-28-11-7-6-10-24(28)30(39)36-26/h3-13,18,26-27H,14-17,19-20H2,1-2H3,(H,34,40)(H,35,38)(H,36,39)/t26-,27+/m0/s1. The molecule has 0 saturated heterocycles. The lowest BCUT2D eigenvalue weighted by atomic mass is 10.0. The predicted octanol–water partition coefficient (Wildman–Crippen LogP) is 2.91. The van der Waals surface area contributed by atoms with Crippen LogP contribution < -0.4 is 25.4 Å².